The second-order valence-electron chi connectivity index (χ2n) is 7.96. The maximum absolute atomic E-state index is 6.22. The van der Waals surface area contributed by atoms with E-state index < -0.39 is 0 Å². The minimum Gasteiger partial charge on any atom is -0.515 e. The van der Waals surface area contributed by atoms with Crippen molar-refractivity contribution in [1.29, 1.82) is 0 Å². The minimum absolute atomic E-state index is 0.0797. The summed E-state index contributed by atoms with van der Waals surface area (Å²) in [6.45, 7) is 17.4. The average Bonchev–Trinajstić information content (AvgIpc) is 2.45. The Bertz CT molecular complexity index is 284. The van der Waals surface area contributed by atoms with Crippen LogP contribution in [0.4, 0.5) is 0 Å². The van der Waals surface area contributed by atoms with Gasteiger partial charge in [0.15, 0.2) is 5.60 Å². The summed E-state index contributed by atoms with van der Waals surface area (Å²) in [7, 11) is -0.129. The fourth-order valence-electron chi connectivity index (χ4n) is 2.59. The van der Waals surface area contributed by atoms with Crippen LogP contribution in [0.25, 0.3) is 0 Å². The molecule has 0 bridgehead atoms. The minimum atomic E-state index is -0.224. The summed E-state index contributed by atoms with van der Waals surface area (Å²) in [5.41, 5.74) is -0.337. The van der Waals surface area contributed by atoms with E-state index in [1.807, 2.05) is 0 Å². The van der Waals surface area contributed by atoms with E-state index >= 15 is 0 Å². The van der Waals surface area contributed by atoms with Crippen LogP contribution >= 0.6 is 0 Å². The van der Waals surface area contributed by atoms with Gasteiger partial charge in [0.1, 0.15) is 5.60 Å². The molecule has 2 aliphatic heterocycles. The molecule has 0 aromatic carbocycles. The maximum atomic E-state index is 6.22. The molecule has 0 amide bonds. The second kappa shape index (κ2) is 3.77. The van der Waals surface area contributed by atoms with Crippen molar-refractivity contribution in [2.45, 2.75) is 78.5 Å². The van der Waals surface area contributed by atoms with Crippen LogP contribution in [0, 0.1) is 5.41 Å². The highest BCUT2D eigenvalue weighted by molar-refractivity contribution is 7.14. The second-order valence-corrected chi connectivity index (χ2v) is 7.96. The van der Waals surface area contributed by atoms with Crippen molar-refractivity contribution in [3.05, 3.63) is 0 Å². The van der Waals surface area contributed by atoms with Gasteiger partial charge in [-0.05, 0) is 39.4 Å². The Morgan fingerprint density at radius 1 is 0.833 bits per heavy atom. The molecule has 5 heteroatoms. The predicted molar refractivity (Wildman–Crippen MR) is 76.7 cm³/mol. The largest absolute Gasteiger partial charge is 0.667 e. The van der Waals surface area contributed by atoms with Crippen LogP contribution in [-0.4, -0.2) is 35.3 Å². The Morgan fingerprint density at radius 2 is 1.39 bits per heavy atom. The number of hydrogen-bond donors (Lipinski definition) is 0. The average molecular weight is 253 g/mol. The third-order valence-corrected chi connectivity index (χ3v) is 5.44. The molecule has 18 heavy (non-hydrogen) atoms. The van der Waals surface area contributed by atoms with Crippen LogP contribution in [0.3, 0.4) is 0 Å². The molecule has 0 unspecified atom stereocenters. The monoisotopic (exact) mass is 253 g/mol. The number of hydrogen-bond acceptors (Lipinski definition) is 2. The number of aliphatic hydroxyl groups is 1. The summed E-state index contributed by atoms with van der Waals surface area (Å²) in [4.78, 5) is 0. The van der Waals surface area contributed by atoms with Crippen LogP contribution in [-0.2, 0) is 9.31 Å². The Hall–Kier alpha value is 0.00987. The zero-order valence-corrected chi connectivity index (χ0v) is 13.1. The fraction of sp³-hybridized carbons (Fsp3) is 1.00. The van der Waals surface area contributed by atoms with Gasteiger partial charge in [0.25, 0.3) is 0 Å². The Labute approximate surface area is 112 Å². The molecule has 102 valence electrons. The summed E-state index contributed by atoms with van der Waals surface area (Å²) in [5.74, 6) is 0. The molecule has 0 spiro atoms. The van der Waals surface area contributed by atoms with Gasteiger partial charge in [-0.25, -0.2) is 0 Å². The molecule has 0 aromatic rings. The lowest BCUT2D eigenvalue weighted by molar-refractivity contribution is -0.0705. The molecule has 0 saturated carbocycles. The Balaban J connectivity index is 2.14. The van der Waals surface area contributed by atoms with Crippen molar-refractivity contribution in [2.24, 2.45) is 5.41 Å². The predicted octanol–water partition coefficient (Wildman–Crippen LogP) is 2.49. The molecular formula is C13H27B2O3+. The van der Waals surface area contributed by atoms with Gasteiger partial charge in [-0.1, -0.05) is 13.8 Å². The molecule has 2 heterocycles. The van der Waals surface area contributed by atoms with Gasteiger partial charge >= 0.3 is 13.8 Å². The molecule has 2 fully saturated rings. The third kappa shape index (κ3) is 2.04. The lowest BCUT2D eigenvalue weighted by Gasteiger charge is -2.34. The molecule has 1 N–H and O–H groups in total. The summed E-state index contributed by atoms with van der Waals surface area (Å²) in [6, 6.07) is 0. The molecule has 0 atom stereocenters. The van der Waals surface area contributed by atoms with Gasteiger partial charge in [-0.3, -0.25) is 0 Å². The van der Waals surface area contributed by atoms with E-state index in [1.165, 1.54) is 0 Å². The Kier molecular flexibility index (Phi) is 3.02. The van der Waals surface area contributed by atoms with Crippen molar-refractivity contribution >= 4 is 13.8 Å². The van der Waals surface area contributed by atoms with Crippen LogP contribution in [0.1, 0.15) is 55.4 Å². The normalized spacial score (nSPS) is 32.0. The third-order valence-electron chi connectivity index (χ3n) is 5.44. The van der Waals surface area contributed by atoms with E-state index in [1.54, 1.807) is 0 Å². The van der Waals surface area contributed by atoms with E-state index in [0.29, 0.717) is 0 Å². The molecule has 2 rings (SSSR count). The van der Waals surface area contributed by atoms with Crippen LogP contribution < -0.4 is 0 Å². The first-order valence-electron chi connectivity index (χ1n) is 6.96. The van der Waals surface area contributed by atoms with Gasteiger partial charge in [0, 0.05) is 13.8 Å². The van der Waals surface area contributed by atoms with E-state index in [-0.39, 0.29) is 36.0 Å². The molecule has 2 aliphatic rings. The van der Waals surface area contributed by atoms with Crippen LogP contribution in [0.2, 0.25) is 6.32 Å². The lowest BCUT2D eigenvalue weighted by Crippen LogP contribution is -2.44. The van der Waals surface area contributed by atoms with Crippen molar-refractivity contribution in [1.82, 2.24) is 0 Å². The van der Waals surface area contributed by atoms with Crippen LogP contribution in [0.5, 0.6) is 0 Å². The van der Waals surface area contributed by atoms with Crippen molar-refractivity contribution in [3.8, 4) is 0 Å². The molecule has 2 saturated heterocycles. The number of rotatable bonds is 1. The standard InChI is InChI=1S/C13H26B2O3/c1-10(2)9-14(16-11(10,3)4)15-17-12(5,6)13(7,8)18-15/h9H2,1-8H3/p+1. The highest BCUT2D eigenvalue weighted by Gasteiger charge is 2.68. The molecule has 0 radical (unpaired) electrons. The Morgan fingerprint density at radius 3 is 1.72 bits per heavy atom. The zero-order valence-electron chi connectivity index (χ0n) is 13.1. The smallest absolute Gasteiger partial charge is 0.515 e. The van der Waals surface area contributed by atoms with Crippen molar-refractivity contribution < 1.29 is 14.0 Å². The van der Waals surface area contributed by atoms with Gasteiger partial charge in [0.05, 0.1) is 5.60 Å². The van der Waals surface area contributed by atoms with Gasteiger partial charge in [-0.15, -0.1) is 0 Å². The molecular weight excluding hydrogens is 226 g/mol. The quantitative estimate of drug-likeness (QED) is 0.531. The topological polar surface area (TPSA) is 31.3 Å². The molecule has 3 nitrogen and oxygen atoms in total. The maximum Gasteiger partial charge on any atom is 0.667 e. The molecule has 0 aromatic heterocycles. The summed E-state index contributed by atoms with van der Waals surface area (Å²) < 4.78 is 17.2. The van der Waals surface area contributed by atoms with E-state index in [9.17, 15) is 0 Å². The fourth-order valence-corrected chi connectivity index (χ4v) is 2.59. The molecule has 0 aliphatic carbocycles. The highest BCUT2D eigenvalue weighted by Crippen LogP contribution is 2.47. The van der Waals surface area contributed by atoms with E-state index in [4.69, 9.17) is 14.0 Å². The van der Waals surface area contributed by atoms with Gasteiger partial charge in [-0.2, -0.15) is 0 Å². The van der Waals surface area contributed by atoms with Gasteiger partial charge in [0.2, 0.25) is 0 Å². The first kappa shape index (κ1) is 14.4. The zero-order chi connectivity index (χ0) is 14.0. The van der Waals surface area contributed by atoms with E-state index in [0.717, 1.165) is 6.32 Å². The van der Waals surface area contributed by atoms with Crippen molar-refractivity contribution in [2.75, 3.05) is 0 Å². The van der Waals surface area contributed by atoms with E-state index in [2.05, 4.69) is 55.4 Å². The first-order valence-corrected chi connectivity index (χ1v) is 6.96. The first-order chi connectivity index (χ1) is 7.88. The summed E-state index contributed by atoms with van der Waals surface area (Å²) in [6.07, 6.45) is 1.00. The highest BCUT2D eigenvalue weighted by atomic mass is 16.7. The lowest BCUT2D eigenvalue weighted by atomic mass is 9.33. The van der Waals surface area contributed by atoms with Crippen molar-refractivity contribution in [3.63, 3.8) is 0 Å². The SMILES string of the molecule is CC1(C)CB(B2OC(C)(C)C(C)(C)[OH+]2)OC1(C)C. The van der Waals surface area contributed by atoms with Gasteiger partial charge < -0.3 is 14.0 Å². The summed E-state index contributed by atoms with van der Waals surface area (Å²) in [5, 5.41) is 0. The summed E-state index contributed by atoms with van der Waals surface area (Å²) >= 11 is 0. The van der Waals surface area contributed by atoms with Crippen LogP contribution in [0.15, 0.2) is 0 Å².